The lowest BCUT2D eigenvalue weighted by atomic mass is 9.84. The molecule has 0 aromatic heterocycles. The zero-order chi connectivity index (χ0) is 28.2. The number of hydrogen-bond donors (Lipinski definition) is 4. The Morgan fingerprint density at radius 2 is 1.68 bits per heavy atom. The van der Waals surface area contributed by atoms with E-state index in [-0.39, 0.29) is 49.1 Å². The van der Waals surface area contributed by atoms with Crippen LogP contribution in [-0.4, -0.2) is 48.0 Å². The van der Waals surface area contributed by atoms with Crippen molar-refractivity contribution in [3.63, 3.8) is 0 Å². The molecule has 0 unspecified atom stereocenters. The van der Waals surface area contributed by atoms with Gasteiger partial charge < -0.3 is 30.5 Å². The predicted octanol–water partition coefficient (Wildman–Crippen LogP) is 5.12. The Labute approximate surface area is 240 Å². The van der Waals surface area contributed by atoms with Gasteiger partial charge in [0.15, 0.2) is 0 Å². The van der Waals surface area contributed by atoms with Crippen LogP contribution in [0.4, 0.5) is 10.5 Å². The third-order valence-electron chi connectivity index (χ3n) is 8.41. The maximum absolute atomic E-state index is 12.9. The Morgan fingerprint density at radius 1 is 0.927 bits per heavy atom. The Bertz CT molecular complexity index is 1360. The minimum Gasteiger partial charge on any atom is -0.487 e. The van der Waals surface area contributed by atoms with Crippen molar-refractivity contribution >= 4 is 17.6 Å². The number of ether oxygens (including phenoxy) is 2. The first-order valence-corrected chi connectivity index (χ1v) is 14.6. The number of aliphatic hydroxyl groups is 1. The summed E-state index contributed by atoms with van der Waals surface area (Å²) >= 11 is 0. The molecule has 6 rings (SSSR count). The van der Waals surface area contributed by atoms with E-state index in [1.165, 1.54) is 0 Å². The molecule has 214 valence electrons. The van der Waals surface area contributed by atoms with Crippen molar-refractivity contribution in [2.24, 2.45) is 0 Å². The van der Waals surface area contributed by atoms with Crippen LogP contribution in [0.1, 0.15) is 55.6 Å². The summed E-state index contributed by atoms with van der Waals surface area (Å²) in [5.74, 6) is 0.585. The summed E-state index contributed by atoms with van der Waals surface area (Å²) in [6.07, 6.45) is 3.90. The Kier molecular flexibility index (Phi) is 8.21. The van der Waals surface area contributed by atoms with Crippen molar-refractivity contribution in [2.45, 2.75) is 75.3 Å². The molecule has 1 aliphatic carbocycles. The number of urea groups is 1. The van der Waals surface area contributed by atoms with Gasteiger partial charge in [0.1, 0.15) is 18.0 Å². The summed E-state index contributed by atoms with van der Waals surface area (Å²) in [6, 6.07) is 24.0. The number of carbonyl (C=O) groups is 2. The maximum Gasteiger partial charge on any atom is 0.319 e. The molecule has 3 amide bonds. The van der Waals surface area contributed by atoms with Crippen LogP contribution in [0.2, 0.25) is 0 Å². The highest BCUT2D eigenvalue weighted by molar-refractivity contribution is 5.89. The smallest absolute Gasteiger partial charge is 0.319 e. The number of hydrogen-bond acceptors (Lipinski definition) is 5. The fourth-order valence-electron chi connectivity index (χ4n) is 6.31. The van der Waals surface area contributed by atoms with Crippen molar-refractivity contribution in [3.8, 4) is 16.9 Å². The molecule has 1 saturated carbocycles. The van der Waals surface area contributed by atoms with Crippen LogP contribution in [0, 0.1) is 0 Å². The molecule has 0 spiro atoms. The number of anilines is 1. The van der Waals surface area contributed by atoms with Gasteiger partial charge in [0.2, 0.25) is 5.91 Å². The van der Waals surface area contributed by atoms with Crippen molar-refractivity contribution in [3.05, 3.63) is 83.9 Å². The molecule has 8 nitrogen and oxygen atoms in total. The molecule has 8 heteroatoms. The van der Waals surface area contributed by atoms with Crippen LogP contribution in [0.5, 0.6) is 5.75 Å². The molecule has 3 aromatic rings. The number of benzene rings is 3. The van der Waals surface area contributed by atoms with Gasteiger partial charge in [0.05, 0.1) is 19.1 Å². The van der Waals surface area contributed by atoms with Gasteiger partial charge in [-0.15, -0.1) is 0 Å². The van der Waals surface area contributed by atoms with Gasteiger partial charge >= 0.3 is 6.03 Å². The number of aliphatic hydroxyl groups excluding tert-OH is 1. The summed E-state index contributed by atoms with van der Waals surface area (Å²) in [5.41, 5.74) is 4.98. The van der Waals surface area contributed by atoms with E-state index in [9.17, 15) is 14.7 Å². The van der Waals surface area contributed by atoms with Gasteiger partial charge in [-0.25, -0.2) is 4.79 Å². The first kappa shape index (κ1) is 27.3. The lowest BCUT2D eigenvalue weighted by molar-refractivity contribution is -0.142. The van der Waals surface area contributed by atoms with E-state index < -0.39 is 6.10 Å². The van der Waals surface area contributed by atoms with Crippen LogP contribution in [0.25, 0.3) is 11.1 Å². The standard InChI is InChI=1S/C33H37N3O5/c37-20-30-32-28(27-16-25(14-15-29(27)41-32)36-33(39)35-24-8-4-5-9-24)17-26(40-30)18-31(38)34-19-21-10-12-23(13-11-21)22-6-2-1-3-7-22/h1-3,6-7,10-16,24,26,28,30,32,37H,4-5,8-9,17-20H2,(H,34,38)(H2,35,36,39)/t26-,28+,30-,32-/m0/s1. The molecule has 4 N–H and O–H groups in total. The largest absolute Gasteiger partial charge is 0.487 e. The molecule has 41 heavy (non-hydrogen) atoms. The molecule has 0 radical (unpaired) electrons. The van der Waals surface area contributed by atoms with E-state index in [1.54, 1.807) is 0 Å². The van der Waals surface area contributed by atoms with Crippen LogP contribution in [-0.2, 0) is 16.1 Å². The summed E-state index contributed by atoms with van der Waals surface area (Å²) < 4.78 is 12.3. The van der Waals surface area contributed by atoms with Crippen LogP contribution in [0.3, 0.4) is 0 Å². The van der Waals surface area contributed by atoms with Crippen LogP contribution < -0.4 is 20.7 Å². The number of nitrogens with one attached hydrogen (secondary N) is 3. The van der Waals surface area contributed by atoms with Crippen molar-refractivity contribution in [2.75, 3.05) is 11.9 Å². The quantitative estimate of drug-likeness (QED) is 0.309. The predicted molar refractivity (Wildman–Crippen MR) is 157 cm³/mol. The van der Waals surface area contributed by atoms with E-state index in [4.69, 9.17) is 9.47 Å². The van der Waals surface area contributed by atoms with Gasteiger partial charge in [-0.05, 0) is 54.2 Å². The minimum atomic E-state index is -0.536. The fraction of sp³-hybridized carbons (Fsp3) is 0.394. The highest BCUT2D eigenvalue weighted by Crippen LogP contribution is 2.47. The van der Waals surface area contributed by atoms with Gasteiger partial charge in [-0.2, -0.15) is 0 Å². The average Bonchev–Trinajstić information content (AvgIpc) is 3.64. The summed E-state index contributed by atoms with van der Waals surface area (Å²) in [7, 11) is 0. The van der Waals surface area contributed by atoms with Gasteiger partial charge in [0.25, 0.3) is 0 Å². The van der Waals surface area contributed by atoms with Gasteiger partial charge in [-0.3, -0.25) is 4.79 Å². The lowest BCUT2D eigenvalue weighted by Crippen LogP contribution is -2.47. The highest BCUT2D eigenvalue weighted by Gasteiger charge is 2.46. The second-order valence-corrected chi connectivity index (χ2v) is 11.3. The molecular formula is C33H37N3O5. The third-order valence-corrected chi connectivity index (χ3v) is 8.41. The number of amides is 3. The Hall–Kier alpha value is -3.88. The molecule has 3 aliphatic rings. The minimum absolute atomic E-state index is 0.0427. The van der Waals surface area contributed by atoms with Crippen molar-refractivity contribution < 1.29 is 24.2 Å². The first-order valence-electron chi connectivity index (χ1n) is 14.6. The highest BCUT2D eigenvalue weighted by atomic mass is 16.6. The van der Waals surface area contributed by atoms with Gasteiger partial charge in [0, 0.05) is 29.8 Å². The van der Waals surface area contributed by atoms with Crippen molar-refractivity contribution in [1.29, 1.82) is 0 Å². The van der Waals surface area contributed by atoms with E-state index in [2.05, 4.69) is 40.2 Å². The molecule has 2 fully saturated rings. The monoisotopic (exact) mass is 555 g/mol. The zero-order valence-electron chi connectivity index (χ0n) is 23.1. The second-order valence-electron chi connectivity index (χ2n) is 11.3. The third kappa shape index (κ3) is 6.39. The topological polar surface area (TPSA) is 109 Å². The molecule has 3 aromatic carbocycles. The van der Waals surface area contributed by atoms with Crippen LogP contribution in [0.15, 0.2) is 72.8 Å². The molecule has 2 aliphatic heterocycles. The van der Waals surface area contributed by atoms with E-state index >= 15 is 0 Å². The maximum atomic E-state index is 12.9. The second kappa shape index (κ2) is 12.3. The first-order chi connectivity index (χ1) is 20.1. The van der Waals surface area contributed by atoms with Gasteiger partial charge in [-0.1, -0.05) is 67.4 Å². The zero-order valence-corrected chi connectivity index (χ0v) is 23.1. The summed E-state index contributed by atoms with van der Waals surface area (Å²) in [6.45, 7) is 0.232. The lowest BCUT2D eigenvalue weighted by Gasteiger charge is -2.37. The number of rotatable bonds is 8. The molecule has 1 saturated heterocycles. The average molecular weight is 556 g/mol. The van der Waals surface area contributed by atoms with Crippen molar-refractivity contribution in [1.82, 2.24) is 10.6 Å². The van der Waals surface area contributed by atoms with Crippen LogP contribution >= 0.6 is 0 Å². The van der Waals surface area contributed by atoms with E-state index in [1.807, 2.05) is 48.5 Å². The number of carbonyl (C=O) groups excluding carboxylic acids is 2. The molecule has 4 atom stereocenters. The molecular weight excluding hydrogens is 518 g/mol. The summed E-state index contributed by atoms with van der Waals surface area (Å²) in [5, 5.41) is 19.1. The fourth-order valence-corrected chi connectivity index (χ4v) is 6.31. The molecule has 0 bridgehead atoms. The Balaban J connectivity index is 1.05. The van der Waals surface area contributed by atoms with E-state index in [0.29, 0.717) is 18.7 Å². The van der Waals surface area contributed by atoms with E-state index in [0.717, 1.165) is 53.7 Å². The SMILES string of the molecule is O=C(C[C@@H]1C[C@@H]2c3cc(NC(=O)NC4CCCC4)ccc3O[C@@H]2[C@H](CO)O1)NCc1ccc(-c2ccccc2)cc1. The normalized spacial score (nSPS) is 23.2. The molecule has 2 heterocycles. The number of fused-ring (bicyclic) bond motifs is 3. The summed E-state index contributed by atoms with van der Waals surface area (Å²) in [4.78, 5) is 25.4. The Morgan fingerprint density at radius 3 is 2.44 bits per heavy atom.